The minimum atomic E-state index is -0.576. The molecule has 1 aliphatic carbocycles. The van der Waals surface area contributed by atoms with Gasteiger partial charge in [0.25, 0.3) is 0 Å². The van der Waals surface area contributed by atoms with Gasteiger partial charge in [-0.1, -0.05) is 60.6 Å². The van der Waals surface area contributed by atoms with E-state index in [4.69, 9.17) is 9.26 Å². The van der Waals surface area contributed by atoms with Crippen LogP contribution in [0.1, 0.15) is 38.2 Å². The van der Waals surface area contributed by atoms with Crippen LogP contribution in [-0.4, -0.2) is 54.1 Å². The number of benzene rings is 2. The third-order valence-electron chi connectivity index (χ3n) is 7.14. The van der Waals surface area contributed by atoms with Crippen molar-refractivity contribution in [3.05, 3.63) is 66.2 Å². The van der Waals surface area contributed by atoms with Gasteiger partial charge in [0.05, 0.1) is 5.56 Å². The van der Waals surface area contributed by atoms with E-state index in [-0.39, 0.29) is 6.61 Å². The molecule has 5 rings (SSSR count). The molecule has 2 aliphatic rings. The van der Waals surface area contributed by atoms with E-state index in [1.807, 2.05) is 48.5 Å². The van der Waals surface area contributed by atoms with Crippen LogP contribution >= 0.6 is 0 Å². The van der Waals surface area contributed by atoms with Crippen LogP contribution < -0.4 is 9.64 Å². The van der Waals surface area contributed by atoms with Crippen LogP contribution in [0.4, 0.5) is 5.88 Å². The van der Waals surface area contributed by atoms with Crippen molar-refractivity contribution in [2.75, 3.05) is 37.7 Å². The number of piperidine rings is 1. The lowest BCUT2D eigenvalue weighted by atomic mass is 9.98. The molecule has 0 amide bonds. The van der Waals surface area contributed by atoms with Gasteiger partial charge in [-0.15, -0.1) is 0 Å². The predicted molar refractivity (Wildman–Crippen MR) is 138 cm³/mol. The second kappa shape index (κ2) is 11.3. The highest BCUT2D eigenvalue weighted by Gasteiger charge is 2.30. The Bertz CT molecular complexity index is 1040. The maximum atomic E-state index is 10.9. The van der Waals surface area contributed by atoms with Crippen molar-refractivity contribution in [3.63, 3.8) is 0 Å². The average molecular weight is 476 g/mol. The number of ether oxygens (including phenoxy) is 1. The van der Waals surface area contributed by atoms with Crippen molar-refractivity contribution in [1.82, 2.24) is 10.1 Å². The number of hydrogen-bond donors (Lipinski definition) is 1. The Kier molecular flexibility index (Phi) is 7.69. The molecule has 0 bridgehead atoms. The lowest BCUT2D eigenvalue weighted by Crippen LogP contribution is -2.37. The summed E-state index contributed by atoms with van der Waals surface area (Å²) in [6.07, 6.45) is 4.29. The molecule has 1 unspecified atom stereocenters. The molecule has 1 aromatic heterocycles. The van der Waals surface area contributed by atoms with Gasteiger partial charge in [-0.2, -0.15) is 0 Å². The molecule has 186 valence electrons. The molecule has 2 aromatic carbocycles. The number of para-hydroxylation sites is 1. The quantitative estimate of drug-likeness (QED) is 0.410. The minimum absolute atomic E-state index is 0.275. The van der Waals surface area contributed by atoms with Crippen molar-refractivity contribution >= 4 is 5.88 Å². The molecule has 35 heavy (non-hydrogen) atoms. The third-order valence-corrected chi connectivity index (χ3v) is 7.14. The maximum Gasteiger partial charge on any atom is 0.232 e. The van der Waals surface area contributed by atoms with Crippen molar-refractivity contribution < 1.29 is 14.4 Å². The smallest absolute Gasteiger partial charge is 0.232 e. The second-order valence-corrected chi connectivity index (χ2v) is 10.3. The van der Waals surface area contributed by atoms with Crippen molar-refractivity contribution in [1.29, 1.82) is 0 Å². The Balaban J connectivity index is 1.34. The fourth-order valence-corrected chi connectivity index (χ4v) is 4.88. The molecular formula is C29H37N3O3. The molecule has 0 spiro atoms. The first kappa shape index (κ1) is 23.9. The summed E-state index contributed by atoms with van der Waals surface area (Å²) < 4.78 is 11.8. The Morgan fingerprint density at radius 2 is 1.71 bits per heavy atom. The molecule has 1 saturated heterocycles. The molecule has 3 aromatic rings. The van der Waals surface area contributed by atoms with Crippen LogP contribution in [0.2, 0.25) is 0 Å². The van der Waals surface area contributed by atoms with Gasteiger partial charge in [-0.3, -0.25) is 4.90 Å². The Morgan fingerprint density at radius 1 is 1.03 bits per heavy atom. The largest absolute Gasteiger partial charge is 0.491 e. The van der Waals surface area contributed by atoms with Crippen LogP contribution in [-0.2, 0) is 6.54 Å². The fraction of sp³-hybridized carbons (Fsp3) is 0.483. The van der Waals surface area contributed by atoms with E-state index >= 15 is 0 Å². The summed E-state index contributed by atoms with van der Waals surface area (Å²) in [5.41, 5.74) is 3.11. The van der Waals surface area contributed by atoms with Gasteiger partial charge in [-0.25, -0.2) is 0 Å². The third kappa shape index (κ3) is 6.44. The summed E-state index contributed by atoms with van der Waals surface area (Å²) in [7, 11) is 0. The highest BCUT2D eigenvalue weighted by atomic mass is 16.5. The van der Waals surface area contributed by atoms with Gasteiger partial charge in [0.15, 0.2) is 0 Å². The molecule has 0 radical (unpaired) electrons. The zero-order chi connectivity index (χ0) is 24.0. The number of aromatic nitrogens is 1. The van der Waals surface area contributed by atoms with Gasteiger partial charge in [0.2, 0.25) is 5.88 Å². The molecule has 6 heteroatoms. The Labute approximate surface area is 208 Å². The van der Waals surface area contributed by atoms with Crippen LogP contribution in [0.25, 0.3) is 11.3 Å². The number of nitrogens with zero attached hydrogens (tertiary/aromatic N) is 3. The van der Waals surface area contributed by atoms with E-state index < -0.39 is 6.10 Å². The van der Waals surface area contributed by atoms with Crippen molar-refractivity contribution in [2.45, 2.75) is 45.3 Å². The number of rotatable bonds is 11. The van der Waals surface area contributed by atoms with Gasteiger partial charge in [-0.05, 0) is 49.7 Å². The summed E-state index contributed by atoms with van der Waals surface area (Å²) in [4.78, 5) is 4.73. The number of anilines is 1. The van der Waals surface area contributed by atoms with E-state index in [0.717, 1.165) is 54.0 Å². The van der Waals surface area contributed by atoms with E-state index in [1.165, 1.54) is 25.7 Å². The number of aliphatic hydroxyl groups is 1. The standard InChI is InChI=1S/C29H37N3O3/c1-22-14-16-32(17-15-22)29-27(28(30-35-29)24-8-4-2-5-9-24)20-31(18-23-12-13-23)19-25(33)21-34-26-10-6-3-7-11-26/h2-11,22-23,25,33H,12-21H2,1H3. The van der Waals surface area contributed by atoms with Crippen LogP contribution in [0.15, 0.2) is 65.2 Å². The first-order valence-corrected chi connectivity index (χ1v) is 13.0. The van der Waals surface area contributed by atoms with Crippen LogP contribution in [0, 0.1) is 11.8 Å². The monoisotopic (exact) mass is 475 g/mol. The highest BCUT2D eigenvalue weighted by molar-refractivity contribution is 5.68. The summed E-state index contributed by atoms with van der Waals surface area (Å²) in [5, 5.41) is 15.4. The zero-order valence-corrected chi connectivity index (χ0v) is 20.7. The second-order valence-electron chi connectivity index (χ2n) is 10.3. The molecule has 1 aliphatic heterocycles. The van der Waals surface area contributed by atoms with Gasteiger partial charge >= 0.3 is 0 Å². The van der Waals surface area contributed by atoms with Crippen LogP contribution in [0.3, 0.4) is 0 Å². The van der Waals surface area contributed by atoms with E-state index in [2.05, 4.69) is 34.0 Å². The lowest BCUT2D eigenvalue weighted by molar-refractivity contribution is 0.0639. The van der Waals surface area contributed by atoms with Crippen molar-refractivity contribution in [2.24, 2.45) is 11.8 Å². The summed E-state index contributed by atoms with van der Waals surface area (Å²) >= 11 is 0. The van der Waals surface area contributed by atoms with Gasteiger partial charge in [0.1, 0.15) is 24.2 Å². The topological polar surface area (TPSA) is 62.0 Å². The summed E-state index contributed by atoms with van der Waals surface area (Å²) in [6.45, 7) is 6.81. The fourth-order valence-electron chi connectivity index (χ4n) is 4.88. The first-order valence-electron chi connectivity index (χ1n) is 13.0. The van der Waals surface area contributed by atoms with E-state index in [1.54, 1.807) is 0 Å². The van der Waals surface area contributed by atoms with Gasteiger partial charge in [0, 0.05) is 38.3 Å². The molecular weight excluding hydrogens is 438 g/mol. The molecule has 1 saturated carbocycles. The molecule has 1 atom stereocenters. The first-order chi connectivity index (χ1) is 17.2. The van der Waals surface area contributed by atoms with Crippen molar-refractivity contribution in [3.8, 4) is 17.0 Å². The SMILES string of the molecule is CC1CCN(c2onc(-c3ccccc3)c2CN(CC(O)COc2ccccc2)CC2CC2)CC1. The van der Waals surface area contributed by atoms with Crippen LogP contribution in [0.5, 0.6) is 5.75 Å². The van der Waals surface area contributed by atoms with Gasteiger partial charge < -0.3 is 19.3 Å². The number of hydrogen-bond acceptors (Lipinski definition) is 6. The molecule has 2 heterocycles. The zero-order valence-electron chi connectivity index (χ0n) is 20.7. The Hall–Kier alpha value is -2.83. The molecule has 2 fully saturated rings. The average Bonchev–Trinajstić information content (AvgIpc) is 3.61. The van der Waals surface area contributed by atoms with E-state index in [9.17, 15) is 5.11 Å². The normalized spacial score (nSPS) is 17.6. The highest BCUT2D eigenvalue weighted by Crippen LogP contribution is 2.36. The number of aliphatic hydroxyl groups excluding tert-OH is 1. The Morgan fingerprint density at radius 3 is 2.40 bits per heavy atom. The summed E-state index contributed by atoms with van der Waals surface area (Å²) in [5.74, 6) is 3.13. The molecule has 6 nitrogen and oxygen atoms in total. The molecule has 1 N–H and O–H groups in total. The predicted octanol–water partition coefficient (Wildman–Crippen LogP) is 5.23. The van der Waals surface area contributed by atoms with E-state index in [0.29, 0.717) is 19.0 Å². The maximum absolute atomic E-state index is 10.9. The minimum Gasteiger partial charge on any atom is -0.491 e. The lowest BCUT2D eigenvalue weighted by Gasteiger charge is -2.31. The summed E-state index contributed by atoms with van der Waals surface area (Å²) in [6, 6.07) is 20.0.